The van der Waals surface area contributed by atoms with Crippen LogP contribution >= 0.6 is 11.6 Å². The topological polar surface area (TPSA) is 86.2 Å². The minimum atomic E-state index is -0.706. The van der Waals surface area contributed by atoms with Crippen LogP contribution in [-0.4, -0.2) is 41.5 Å². The molecule has 0 saturated heterocycles. The molecule has 0 unspecified atom stereocenters. The number of hydrogen-bond acceptors (Lipinski definition) is 4. The van der Waals surface area contributed by atoms with Crippen LogP contribution in [0.25, 0.3) is 0 Å². The van der Waals surface area contributed by atoms with E-state index in [1.54, 1.807) is 49.3 Å². The molecule has 0 aliphatic carbocycles. The number of nitrogens with zero attached hydrogens (tertiary/aromatic N) is 2. The van der Waals surface area contributed by atoms with Crippen molar-refractivity contribution in [1.82, 2.24) is 9.88 Å². The molecule has 6 nitrogen and oxygen atoms in total. The molecule has 0 atom stereocenters. The summed E-state index contributed by atoms with van der Waals surface area (Å²) in [5.74, 6) is -1.14. The van der Waals surface area contributed by atoms with E-state index in [4.69, 9.17) is 17.0 Å². The quantitative estimate of drug-likeness (QED) is 0.321. The first-order valence-electron chi connectivity index (χ1n) is 9.77. The van der Waals surface area contributed by atoms with Gasteiger partial charge in [0, 0.05) is 37.8 Å². The number of amidine groups is 1. The Kier molecular flexibility index (Phi) is 7.00. The zero-order chi connectivity index (χ0) is 23.4. The fourth-order valence-corrected chi connectivity index (χ4v) is 3.22. The number of carbonyl (C=O) groups is 2. The zero-order valence-electron chi connectivity index (χ0n) is 17.9. The van der Waals surface area contributed by atoms with E-state index >= 15 is 0 Å². The van der Waals surface area contributed by atoms with Crippen LogP contribution in [0.15, 0.2) is 54.7 Å². The number of aryl methyl sites for hydroxylation is 1. The minimum Gasteiger partial charge on any atom is -0.363 e. The Morgan fingerprint density at radius 3 is 2.47 bits per heavy atom. The van der Waals surface area contributed by atoms with Crippen molar-refractivity contribution in [3.8, 4) is 0 Å². The highest BCUT2D eigenvalue weighted by atomic mass is 35.5. The van der Waals surface area contributed by atoms with Crippen molar-refractivity contribution in [3.63, 3.8) is 0 Å². The van der Waals surface area contributed by atoms with Gasteiger partial charge in [0.2, 0.25) is 0 Å². The summed E-state index contributed by atoms with van der Waals surface area (Å²) in [6.07, 6.45) is 1.26. The summed E-state index contributed by atoms with van der Waals surface area (Å²) >= 11 is 5.82. The number of nitrogens with one attached hydrogen (secondary N) is 2. The molecule has 0 spiro atoms. The highest BCUT2D eigenvalue weighted by molar-refractivity contribution is 6.30. The van der Waals surface area contributed by atoms with Crippen LogP contribution in [0.1, 0.15) is 37.4 Å². The number of halogens is 2. The summed E-state index contributed by atoms with van der Waals surface area (Å²) in [6, 6.07) is 12.4. The van der Waals surface area contributed by atoms with Gasteiger partial charge in [-0.05, 0) is 42.8 Å². The molecule has 1 aromatic heterocycles. The lowest BCUT2D eigenvalue weighted by Gasteiger charge is -2.14. The zero-order valence-corrected chi connectivity index (χ0v) is 18.6. The van der Waals surface area contributed by atoms with Gasteiger partial charge in [-0.15, -0.1) is 0 Å². The number of benzene rings is 2. The standard InChI is InChI=1S/C24H22ClFN4O2/c1-14-4-5-15(19(10-14)24(32)29-22-9-7-17(25)13-28-22)12-21(31)18-8-6-16(11-20(18)26)23(27)30(2)3/h4-11,13,27H,12H2,1-3H3,(H,28,29,32). The molecule has 164 valence electrons. The molecule has 0 saturated carbocycles. The number of anilines is 1. The molecule has 3 aromatic rings. The van der Waals surface area contributed by atoms with E-state index in [2.05, 4.69) is 10.3 Å². The maximum absolute atomic E-state index is 14.6. The third kappa shape index (κ3) is 5.36. The van der Waals surface area contributed by atoms with Gasteiger partial charge in [0.15, 0.2) is 5.78 Å². The van der Waals surface area contributed by atoms with Gasteiger partial charge < -0.3 is 10.2 Å². The molecule has 1 heterocycles. The van der Waals surface area contributed by atoms with Crippen molar-refractivity contribution in [2.45, 2.75) is 13.3 Å². The second-order valence-corrected chi connectivity index (χ2v) is 7.95. The molecular formula is C24H22ClFN4O2. The van der Waals surface area contributed by atoms with E-state index < -0.39 is 17.5 Å². The molecule has 0 aliphatic heterocycles. The van der Waals surface area contributed by atoms with Gasteiger partial charge in [0.25, 0.3) is 5.91 Å². The lowest BCUT2D eigenvalue weighted by Crippen LogP contribution is -2.22. The van der Waals surface area contributed by atoms with Crippen LogP contribution < -0.4 is 5.32 Å². The van der Waals surface area contributed by atoms with Gasteiger partial charge in [0.05, 0.1) is 10.6 Å². The van der Waals surface area contributed by atoms with Gasteiger partial charge in [0.1, 0.15) is 17.5 Å². The molecular weight excluding hydrogens is 431 g/mol. The Morgan fingerprint density at radius 2 is 1.84 bits per heavy atom. The molecule has 1 amide bonds. The number of pyridine rings is 1. The Hall–Kier alpha value is -3.58. The monoisotopic (exact) mass is 452 g/mol. The molecule has 8 heteroatoms. The molecule has 2 aromatic carbocycles. The second kappa shape index (κ2) is 9.70. The Balaban J connectivity index is 1.84. The van der Waals surface area contributed by atoms with Crippen molar-refractivity contribution >= 4 is 34.9 Å². The normalized spacial score (nSPS) is 10.5. The van der Waals surface area contributed by atoms with Gasteiger partial charge in [-0.1, -0.05) is 35.4 Å². The SMILES string of the molecule is Cc1ccc(CC(=O)c2ccc(C(=N)N(C)C)cc2F)c(C(=O)Nc2ccc(Cl)cn2)c1. The van der Waals surface area contributed by atoms with Crippen LogP contribution in [0.5, 0.6) is 0 Å². The first-order chi connectivity index (χ1) is 15.2. The fourth-order valence-electron chi connectivity index (χ4n) is 3.10. The molecule has 0 aliphatic rings. The Bertz CT molecular complexity index is 1190. The van der Waals surface area contributed by atoms with E-state index in [0.717, 1.165) is 5.56 Å². The predicted molar refractivity (Wildman–Crippen MR) is 123 cm³/mol. The van der Waals surface area contributed by atoms with Gasteiger partial charge >= 0.3 is 0 Å². The largest absolute Gasteiger partial charge is 0.363 e. The summed E-state index contributed by atoms with van der Waals surface area (Å²) in [7, 11) is 3.37. The fraction of sp³-hybridized carbons (Fsp3) is 0.167. The number of carbonyl (C=O) groups excluding carboxylic acids is 2. The lowest BCUT2D eigenvalue weighted by atomic mass is 9.96. The maximum Gasteiger partial charge on any atom is 0.257 e. The lowest BCUT2D eigenvalue weighted by molar-refractivity contribution is 0.0988. The van der Waals surface area contributed by atoms with Crippen LogP contribution in [0, 0.1) is 18.2 Å². The summed E-state index contributed by atoms with van der Waals surface area (Å²) in [4.78, 5) is 31.3. The van der Waals surface area contributed by atoms with Crippen molar-refractivity contribution in [2.75, 3.05) is 19.4 Å². The molecule has 3 rings (SSSR count). The number of hydrogen-bond donors (Lipinski definition) is 2. The minimum absolute atomic E-state index is 0.0911. The number of amides is 1. The summed E-state index contributed by atoms with van der Waals surface area (Å²) < 4.78 is 14.6. The second-order valence-electron chi connectivity index (χ2n) is 7.51. The van der Waals surface area contributed by atoms with Crippen LogP contribution in [-0.2, 0) is 6.42 Å². The third-order valence-corrected chi connectivity index (χ3v) is 5.04. The third-order valence-electron chi connectivity index (χ3n) is 4.82. The van der Waals surface area contributed by atoms with Gasteiger partial charge in [-0.25, -0.2) is 9.37 Å². The van der Waals surface area contributed by atoms with E-state index in [0.29, 0.717) is 27.5 Å². The van der Waals surface area contributed by atoms with E-state index in [1.165, 1.54) is 24.4 Å². The number of Topliss-reactive ketones (excluding diaryl/α,β-unsaturated/α-hetero) is 1. The average Bonchev–Trinajstić information content (AvgIpc) is 2.75. The number of rotatable bonds is 6. The van der Waals surface area contributed by atoms with Gasteiger partial charge in [-0.2, -0.15) is 0 Å². The van der Waals surface area contributed by atoms with Crippen molar-refractivity contribution < 1.29 is 14.0 Å². The van der Waals surface area contributed by atoms with Crippen LogP contribution in [0.2, 0.25) is 5.02 Å². The van der Waals surface area contributed by atoms with E-state index in [-0.39, 0.29) is 17.8 Å². The van der Waals surface area contributed by atoms with Crippen molar-refractivity contribution in [1.29, 1.82) is 5.41 Å². The number of ketones is 1. The molecule has 0 fully saturated rings. The smallest absolute Gasteiger partial charge is 0.257 e. The van der Waals surface area contributed by atoms with Gasteiger partial charge in [-0.3, -0.25) is 15.0 Å². The molecule has 32 heavy (non-hydrogen) atoms. The maximum atomic E-state index is 14.6. The van der Waals surface area contributed by atoms with E-state index in [9.17, 15) is 14.0 Å². The highest BCUT2D eigenvalue weighted by Gasteiger charge is 2.19. The van der Waals surface area contributed by atoms with Crippen molar-refractivity contribution in [2.24, 2.45) is 0 Å². The van der Waals surface area contributed by atoms with Crippen LogP contribution in [0.3, 0.4) is 0 Å². The Morgan fingerprint density at radius 1 is 1.09 bits per heavy atom. The number of aromatic nitrogens is 1. The molecule has 0 radical (unpaired) electrons. The average molecular weight is 453 g/mol. The van der Waals surface area contributed by atoms with E-state index in [1.807, 2.05) is 6.92 Å². The highest BCUT2D eigenvalue weighted by Crippen LogP contribution is 2.19. The summed E-state index contributed by atoms with van der Waals surface area (Å²) in [6.45, 7) is 1.83. The first-order valence-corrected chi connectivity index (χ1v) is 10.1. The summed E-state index contributed by atoms with van der Waals surface area (Å²) in [5, 5.41) is 11.1. The predicted octanol–water partition coefficient (Wildman–Crippen LogP) is 4.75. The molecule has 0 bridgehead atoms. The molecule has 2 N–H and O–H groups in total. The first kappa shape index (κ1) is 23.1. The van der Waals surface area contributed by atoms with Crippen LogP contribution in [0.4, 0.5) is 10.2 Å². The summed E-state index contributed by atoms with van der Waals surface area (Å²) in [5.41, 5.74) is 1.90. The van der Waals surface area contributed by atoms with Crippen molar-refractivity contribution in [3.05, 3.63) is 93.4 Å². The Labute approximate surface area is 190 Å².